The van der Waals surface area contributed by atoms with Gasteiger partial charge in [0, 0.05) is 11.7 Å². The Morgan fingerprint density at radius 2 is 2.00 bits per heavy atom. The van der Waals surface area contributed by atoms with Crippen LogP contribution in [-0.2, 0) is 19.6 Å². The van der Waals surface area contributed by atoms with Crippen LogP contribution in [0.4, 0.5) is 5.69 Å². The van der Waals surface area contributed by atoms with Crippen molar-refractivity contribution in [2.24, 2.45) is 5.92 Å². The number of hydrogen-bond acceptors (Lipinski definition) is 4. The first kappa shape index (κ1) is 15.5. The van der Waals surface area contributed by atoms with Gasteiger partial charge in [-0.05, 0) is 38.0 Å². The van der Waals surface area contributed by atoms with Crippen LogP contribution in [0, 0.1) is 5.92 Å². The van der Waals surface area contributed by atoms with Gasteiger partial charge in [-0.1, -0.05) is 6.07 Å². The minimum absolute atomic E-state index is 0.0136. The molecule has 1 atom stereocenters. The highest BCUT2D eigenvalue weighted by molar-refractivity contribution is 7.89. The molecular weight excluding hydrogens is 296 g/mol. The Balaban J connectivity index is 2.14. The van der Waals surface area contributed by atoms with Crippen molar-refractivity contribution in [3.8, 4) is 0 Å². The summed E-state index contributed by atoms with van der Waals surface area (Å²) in [6, 6.07) is 5.70. The van der Waals surface area contributed by atoms with Crippen molar-refractivity contribution in [1.82, 2.24) is 4.72 Å². The molecule has 2 rings (SSSR count). The van der Waals surface area contributed by atoms with Crippen molar-refractivity contribution in [1.29, 1.82) is 0 Å². The lowest BCUT2D eigenvalue weighted by Gasteiger charge is -2.10. The van der Waals surface area contributed by atoms with Crippen molar-refractivity contribution in [2.45, 2.75) is 30.7 Å². The zero-order valence-electron chi connectivity index (χ0n) is 11.4. The zero-order chi connectivity index (χ0) is 15.6. The summed E-state index contributed by atoms with van der Waals surface area (Å²) in [5.41, 5.74) is 0.242. The maximum absolute atomic E-state index is 12.0. The van der Waals surface area contributed by atoms with E-state index >= 15 is 0 Å². The number of amides is 1. The monoisotopic (exact) mass is 312 g/mol. The first-order valence-corrected chi connectivity index (χ1v) is 7.94. The van der Waals surface area contributed by atoms with Crippen LogP contribution in [0.1, 0.15) is 19.8 Å². The fourth-order valence-corrected chi connectivity index (χ4v) is 2.94. The van der Waals surface area contributed by atoms with Gasteiger partial charge in [-0.25, -0.2) is 13.1 Å². The minimum atomic E-state index is -3.61. The number of carboxylic acids is 1. The number of hydrogen-bond donors (Lipinski definition) is 3. The van der Waals surface area contributed by atoms with Gasteiger partial charge in [0.1, 0.15) is 5.92 Å². The van der Waals surface area contributed by atoms with Crippen LogP contribution in [0.2, 0.25) is 0 Å². The number of carboxylic acid groups (broad SMARTS) is 1. The van der Waals surface area contributed by atoms with Crippen LogP contribution >= 0.6 is 0 Å². The Labute approximate surface area is 122 Å². The van der Waals surface area contributed by atoms with E-state index in [0.717, 1.165) is 12.8 Å². The van der Waals surface area contributed by atoms with Gasteiger partial charge in [0.15, 0.2) is 0 Å². The minimum Gasteiger partial charge on any atom is -0.481 e. The molecule has 8 heteroatoms. The van der Waals surface area contributed by atoms with Crippen molar-refractivity contribution in [3.63, 3.8) is 0 Å². The molecule has 0 heterocycles. The van der Waals surface area contributed by atoms with E-state index in [9.17, 15) is 18.0 Å². The van der Waals surface area contributed by atoms with Crippen LogP contribution in [-0.4, -0.2) is 31.4 Å². The summed E-state index contributed by atoms with van der Waals surface area (Å²) in [5, 5.41) is 11.1. The SMILES string of the molecule is CC(C(=O)O)C(=O)Nc1cccc(S(=O)(=O)NC2CC2)c1. The van der Waals surface area contributed by atoms with Crippen LogP contribution < -0.4 is 10.0 Å². The van der Waals surface area contributed by atoms with Gasteiger partial charge < -0.3 is 10.4 Å². The van der Waals surface area contributed by atoms with Gasteiger partial charge in [0.05, 0.1) is 4.90 Å². The van der Waals surface area contributed by atoms with Crippen LogP contribution in [0.3, 0.4) is 0 Å². The van der Waals surface area contributed by atoms with Crippen LogP contribution in [0.25, 0.3) is 0 Å². The Hall–Kier alpha value is -1.93. The molecule has 21 heavy (non-hydrogen) atoms. The highest BCUT2D eigenvalue weighted by Crippen LogP contribution is 2.23. The third kappa shape index (κ3) is 4.02. The zero-order valence-corrected chi connectivity index (χ0v) is 12.2. The number of sulfonamides is 1. The van der Waals surface area contributed by atoms with E-state index in [4.69, 9.17) is 5.11 Å². The second kappa shape index (κ2) is 5.82. The van der Waals surface area contributed by atoms with Gasteiger partial charge in [-0.15, -0.1) is 0 Å². The summed E-state index contributed by atoms with van der Waals surface area (Å²) in [4.78, 5) is 22.4. The summed E-state index contributed by atoms with van der Waals surface area (Å²) in [5.74, 6) is -3.16. The van der Waals surface area contributed by atoms with Gasteiger partial charge >= 0.3 is 5.97 Å². The Morgan fingerprint density at radius 3 is 2.57 bits per heavy atom. The summed E-state index contributed by atoms with van der Waals surface area (Å²) in [6.45, 7) is 1.26. The second-order valence-electron chi connectivity index (χ2n) is 4.97. The molecule has 0 bridgehead atoms. The number of carbonyl (C=O) groups is 2. The fourth-order valence-electron chi connectivity index (χ4n) is 1.59. The number of aliphatic carboxylic acids is 1. The molecule has 1 unspecified atom stereocenters. The van der Waals surface area contributed by atoms with Crippen molar-refractivity contribution < 1.29 is 23.1 Å². The first-order chi connectivity index (χ1) is 9.79. The second-order valence-corrected chi connectivity index (χ2v) is 6.69. The van der Waals surface area contributed by atoms with Crippen molar-refractivity contribution in [3.05, 3.63) is 24.3 Å². The van der Waals surface area contributed by atoms with Crippen molar-refractivity contribution >= 4 is 27.6 Å². The average Bonchev–Trinajstić information content (AvgIpc) is 3.21. The molecule has 1 aliphatic carbocycles. The molecule has 7 nitrogen and oxygen atoms in total. The molecule has 0 radical (unpaired) electrons. The Morgan fingerprint density at radius 1 is 1.33 bits per heavy atom. The Bertz CT molecular complexity index is 667. The van der Waals surface area contributed by atoms with E-state index < -0.39 is 27.8 Å². The predicted molar refractivity (Wildman–Crippen MR) is 75.2 cm³/mol. The van der Waals surface area contributed by atoms with E-state index in [1.807, 2.05) is 0 Å². The lowest BCUT2D eigenvalue weighted by molar-refractivity contribution is -0.144. The number of carbonyl (C=O) groups excluding carboxylic acids is 1. The predicted octanol–water partition coefficient (Wildman–Crippen LogP) is 0.786. The third-order valence-corrected chi connectivity index (χ3v) is 4.59. The number of benzene rings is 1. The molecule has 0 spiro atoms. The summed E-state index contributed by atoms with van der Waals surface area (Å²) in [7, 11) is -3.61. The number of anilines is 1. The average molecular weight is 312 g/mol. The lowest BCUT2D eigenvalue weighted by atomic mass is 10.1. The van der Waals surface area contributed by atoms with Gasteiger partial charge in [0.2, 0.25) is 15.9 Å². The van der Waals surface area contributed by atoms with Crippen LogP contribution in [0.5, 0.6) is 0 Å². The molecule has 1 aromatic carbocycles. The standard InChI is InChI=1S/C13H16N2O5S/c1-8(13(17)18)12(16)14-10-3-2-4-11(7-10)21(19,20)15-9-5-6-9/h2-4,7-9,15H,5-6H2,1H3,(H,14,16)(H,17,18). The topological polar surface area (TPSA) is 113 Å². The fraction of sp³-hybridized carbons (Fsp3) is 0.385. The molecule has 1 fully saturated rings. The molecule has 1 aromatic rings. The molecule has 114 valence electrons. The number of rotatable bonds is 6. The molecular formula is C13H16N2O5S. The lowest BCUT2D eigenvalue weighted by Crippen LogP contribution is -2.27. The van der Waals surface area contributed by atoms with Gasteiger partial charge in [0.25, 0.3) is 0 Å². The Kier molecular flexibility index (Phi) is 4.29. The molecule has 1 aliphatic rings. The molecule has 3 N–H and O–H groups in total. The largest absolute Gasteiger partial charge is 0.481 e. The van der Waals surface area contributed by atoms with E-state index in [1.54, 1.807) is 0 Å². The summed E-state index contributed by atoms with van der Waals surface area (Å²) >= 11 is 0. The van der Waals surface area contributed by atoms with E-state index in [1.165, 1.54) is 31.2 Å². The maximum Gasteiger partial charge on any atom is 0.315 e. The normalized spacial score (nSPS) is 16.2. The first-order valence-electron chi connectivity index (χ1n) is 6.45. The van der Waals surface area contributed by atoms with E-state index in [2.05, 4.69) is 10.0 Å². The van der Waals surface area contributed by atoms with Gasteiger partial charge in [-0.3, -0.25) is 9.59 Å². The highest BCUT2D eigenvalue weighted by Gasteiger charge is 2.28. The molecule has 1 amide bonds. The molecule has 1 saturated carbocycles. The van der Waals surface area contributed by atoms with Gasteiger partial charge in [-0.2, -0.15) is 0 Å². The highest BCUT2D eigenvalue weighted by atomic mass is 32.2. The van der Waals surface area contributed by atoms with E-state index in [0.29, 0.717) is 0 Å². The maximum atomic E-state index is 12.0. The summed E-state index contributed by atoms with van der Waals surface area (Å²) < 4.78 is 26.6. The third-order valence-electron chi connectivity index (χ3n) is 3.07. The summed E-state index contributed by atoms with van der Waals surface area (Å²) in [6.07, 6.45) is 1.65. The van der Waals surface area contributed by atoms with Crippen molar-refractivity contribution in [2.75, 3.05) is 5.32 Å². The van der Waals surface area contributed by atoms with E-state index in [-0.39, 0.29) is 16.6 Å². The molecule has 0 saturated heterocycles. The quantitative estimate of drug-likeness (QED) is 0.672. The van der Waals surface area contributed by atoms with Crippen LogP contribution in [0.15, 0.2) is 29.2 Å². The molecule has 0 aliphatic heterocycles. The number of nitrogens with one attached hydrogen (secondary N) is 2. The smallest absolute Gasteiger partial charge is 0.315 e. The molecule has 0 aromatic heterocycles.